The van der Waals surface area contributed by atoms with Crippen LogP contribution in [0, 0.1) is 0 Å². The van der Waals surface area contributed by atoms with Crippen LogP contribution in [-0.4, -0.2) is 29.5 Å². The van der Waals surface area contributed by atoms with Crippen LogP contribution in [-0.2, 0) is 6.42 Å². The van der Waals surface area contributed by atoms with E-state index >= 15 is 0 Å². The van der Waals surface area contributed by atoms with E-state index in [2.05, 4.69) is 4.90 Å². The average molecular weight is 304 g/mol. The van der Waals surface area contributed by atoms with Crippen LogP contribution in [0.3, 0.4) is 0 Å². The smallest absolute Gasteiger partial charge is 0.101 e. The van der Waals surface area contributed by atoms with E-state index < -0.39 is 6.10 Å². The molecular weight excluding hydrogens is 286 g/mol. The molecule has 0 radical (unpaired) electrons. The van der Waals surface area contributed by atoms with Crippen molar-refractivity contribution in [3.63, 3.8) is 0 Å². The summed E-state index contributed by atoms with van der Waals surface area (Å²) in [5.74, 6) is 0. The van der Waals surface area contributed by atoms with Gasteiger partial charge in [-0.25, -0.2) is 0 Å². The van der Waals surface area contributed by atoms with Gasteiger partial charge in [-0.15, -0.1) is 0 Å². The van der Waals surface area contributed by atoms with Crippen molar-refractivity contribution < 1.29 is 10.2 Å². The SMILES string of the molecule is OCC(O)C(c1ccccc1)N1CCc2cc(Cl)ccc21. The molecule has 2 aromatic carbocycles. The molecule has 0 aromatic heterocycles. The van der Waals surface area contributed by atoms with Gasteiger partial charge in [-0.3, -0.25) is 0 Å². The van der Waals surface area contributed by atoms with Crippen molar-refractivity contribution >= 4 is 17.3 Å². The summed E-state index contributed by atoms with van der Waals surface area (Å²) in [6, 6.07) is 15.4. The highest BCUT2D eigenvalue weighted by Crippen LogP contribution is 2.37. The van der Waals surface area contributed by atoms with Crippen molar-refractivity contribution in [3.05, 3.63) is 64.7 Å². The second-order valence-electron chi connectivity index (χ2n) is 5.32. The van der Waals surface area contributed by atoms with Gasteiger partial charge in [0.1, 0.15) is 6.10 Å². The third kappa shape index (κ3) is 2.77. The summed E-state index contributed by atoms with van der Waals surface area (Å²) >= 11 is 6.05. The largest absolute Gasteiger partial charge is 0.394 e. The first kappa shape index (κ1) is 14.4. The molecule has 1 heterocycles. The van der Waals surface area contributed by atoms with Crippen molar-refractivity contribution in [3.8, 4) is 0 Å². The standard InChI is InChI=1S/C17H18ClNO2/c18-14-6-7-15-13(10-14)8-9-19(15)17(16(21)11-20)12-4-2-1-3-5-12/h1-7,10,16-17,20-21H,8-9,11H2. The number of halogens is 1. The molecule has 1 aliphatic rings. The van der Waals surface area contributed by atoms with E-state index in [-0.39, 0.29) is 12.6 Å². The Balaban J connectivity index is 2.00. The highest BCUT2D eigenvalue weighted by atomic mass is 35.5. The summed E-state index contributed by atoms with van der Waals surface area (Å²) < 4.78 is 0. The van der Waals surface area contributed by atoms with Crippen LogP contribution in [0.4, 0.5) is 5.69 Å². The van der Waals surface area contributed by atoms with Gasteiger partial charge in [0.2, 0.25) is 0 Å². The first-order valence-corrected chi connectivity index (χ1v) is 7.47. The topological polar surface area (TPSA) is 43.7 Å². The Bertz CT molecular complexity index is 617. The van der Waals surface area contributed by atoms with E-state index in [0.29, 0.717) is 0 Å². The molecule has 2 atom stereocenters. The van der Waals surface area contributed by atoms with Crippen molar-refractivity contribution in [1.29, 1.82) is 0 Å². The predicted molar refractivity (Wildman–Crippen MR) is 84.8 cm³/mol. The summed E-state index contributed by atoms with van der Waals surface area (Å²) in [5, 5.41) is 20.4. The Morgan fingerprint density at radius 1 is 1.14 bits per heavy atom. The number of aliphatic hydroxyl groups excluding tert-OH is 2. The lowest BCUT2D eigenvalue weighted by Crippen LogP contribution is -2.37. The fraction of sp³-hybridized carbons (Fsp3) is 0.294. The minimum absolute atomic E-state index is 0.251. The Hall–Kier alpha value is -1.55. The Morgan fingerprint density at radius 3 is 2.62 bits per heavy atom. The molecule has 110 valence electrons. The van der Waals surface area contributed by atoms with Gasteiger partial charge in [-0.2, -0.15) is 0 Å². The molecule has 0 amide bonds. The highest BCUT2D eigenvalue weighted by molar-refractivity contribution is 6.30. The molecular formula is C17H18ClNO2. The first-order chi connectivity index (χ1) is 10.2. The van der Waals surface area contributed by atoms with Gasteiger partial charge in [0, 0.05) is 17.3 Å². The fourth-order valence-corrected chi connectivity index (χ4v) is 3.24. The van der Waals surface area contributed by atoms with Gasteiger partial charge in [0.25, 0.3) is 0 Å². The number of aliphatic hydroxyl groups is 2. The maximum atomic E-state index is 10.3. The van der Waals surface area contributed by atoms with Gasteiger partial charge in [0.15, 0.2) is 0 Å². The van der Waals surface area contributed by atoms with Crippen molar-refractivity contribution in [2.75, 3.05) is 18.1 Å². The normalized spacial score (nSPS) is 16.6. The molecule has 2 aromatic rings. The molecule has 0 fully saturated rings. The third-order valence-electron chi connectivity index (χ3n) is 4.00. The molecule has 21 heavy (non-hydrogen) atoms. The number of hydrogen-bond acceptors (Lipinski definition) is 3. The van der Waals surface area contributed by atoms with Crippen molar-refractivity contribution in [2.24, 2.45) is 0 Å². The zero-order chi connectivity index (χ0) is 14.8. The van der Waals surface area contributed by atoms with Crippen LogP contribution in [0.15, 0.2) is 48.5 Å². The Labute approximate surface area is 129 Å². The van der Waals surface area contributed by atoms with Gasteiger partial charge in [-0.1, -0.05) is 41.9 Å². The number of rotatable bonds is 4. The van der Waals surface area contributed by atoms with Gasteiger partial charge in [-0.05, 0) is 35.7 Å². The van der Waals surface area contributed by atoms with Crippen LogP contribution >= 0.6 is 11.6 Å². The summed E-state index contributed by atoms with van der Waals surface area (Å²) in [6.45, 7) is 0.547. The molecule has 0 aliphatic carbocycles. The minimum Gasteiger partial charge on any atom is -0.394 e. The third-order valence-corrected chi connectivity index (χ3v) is 4.24. The molecule has 0 saturated heterocycles. The van der Waals surface area contributed by atoms with Gasteiger partial charge >= 0.3 is 0 Å². The molecule has 0 spiro atoms. The molecule has 2 unspecified atom stereocenters. The van der Waals surface area contributed by atoms with Crippen LogP contribution in [0.2, 0.25) is 5.02 Å². The molecule has 3 rings (SSSR count). The number of benzene rings is 2. The second-order valence-corrected chi connectivity index (χ2v) is 5.76. The summed E-state index contributed by atoms with van der Waals surface area (Å²) in [4.78, 5) is 2.15. The zero-order valence-corrected chi connectivity index (χ0v) is 12.4. The Kier molecular flexibility index (Phi) is 4.15. The lowest BCUT2D eigenvalue weighted by atomic mass is 10.00. The number of nitrogens with zero attached hydrogens (tertiary/aromatic N) is 1. The molecule has 0 saturated carbocycles. The zero-order valence-electron chi connectivity index (χ0n) is 11.6. The van der Waals surface area contributed by atoms with Gasteiger partial charge < -0.3 is 15.1 Å². The number of anilines is 1. The summed E-state index contributed by atoms with van der Waals surface area (Å²) in [7, 11) is 0. The maximum absolute atomic E-state index is 10.3. The fourth-order valence-electron chi connectivity index (χ4n) is 3.04. The quantitative estimate of drug-likeness (QED) is 0.913. The van der Waals surface area contributed by atoms with E-state index in [1.165, 1.54) is 5.56 Å². The highest BCUT2D eigenvalue weighted by Gasteiger charge is 2.31. The first-order valence-electron chi connectivity index (χ1n) is 7.09. The monoisotopic (exact) mass is 303 g/mol. The van der Waals surface area contributed by atoms with Crippen molar-refractivity contribution in [1.82, 2.24) is 0 Å². The second kappa shape index (κ2) is 6.06. The molecule has 0 bridgehead atoms. The maximum Gasteiger partial charge on any atom is 0.101 e. The van der Waals surface area contributed by atoms with E-state index in [9.17, 15) is 10.2 Å². The minimum atomic E-state index is -0.825. The van der Waals surface area contributed by atoms with E-state index in [1.807, 2.05) is 48.5 Å². The van der Waals surface area contributed by atoms with Crippen LogP contribution in [0.1, 0.15) is 17.2 Å². The van der Waals surface area contributed by atoms with Crippen molar-refractivity contribution in [2.45, 2.75) is 18.6 Å². The molecule has 1 aliphatic heterocycles. The van der Waals surface area contributed by atoms with Crippen LogP contribution in [0.5, 0.6) is 0 Å². The molecule has 3 nitrogen and oxygen atoms in total. The number of hydrogen-bond donors (Lipinski definition) is 2. The Morgan fingerprint density at radius 2 is 1.90 bits per heavy atom. The van der Waals surface area contributed by atoms with E-state index in [4.69, 9.17) is 11.6 Å². The molecule has 2 N–H and O–H groups in total. The lowest BCUT2D eigenvalue weighted by Gasteiger charge is -2.33. The summed E-state index contributed by atoms with van der Waals surface area (Å²) in [6.07, 6.45) is 0.0752. The van der Waals surface area contributed by atoms with E-state index in [0.717, 1.165) is 29.2 Å². The number of fused-ring (bicyclic) bond motifs is 1. The predicted octanol–water partition coefficient (Wildman–Crippen LogP) is 2.80. The molecule has 4 heteroatoms. The van der Waals surface area contributed by atoms with Crippen LogP contribution < -0.4 is 4.90 Å². The van der Waals surface area contributed by atoms with Crippen LogP contribution in [0.25, 0.3) is 0 Å². The lowest BCUT2D eigenvalue weighted by molar-refractivity contribution is 0.0717. The van der Waals surface area contributed by atoms with E-state index in [1.54, 1.807) is 0 Å². The summed E-state index contributed by atoms with van der Waals surface area (Å²) in [5.41, 5.74) is 3.27. The van der Waals surface area contributed by atoms with Gasteiger partial charge in [0.05, 0.1) is 12.6 Å². The average Bonchev–Trinajstić information content (AvgIpc) is 2.91.